The molecule has 242 valence electrons. The summed E-state index contributed by atoms with van der Waals surface area (Å²) in [6.07, 6.45) is 0. The van der Waals surface area contributed by atoms with Crippen molar-refractivity contribution in [2.45, 2.75) is 0 Å². The minimum atomic E-state index is 0.508. The van der Waals surface area contributed by atoms with Crippen molar-refractivity contribution in [2.75, 3.05) is 0 Å². The van der Waals surface area contributed by atoms with Crippen molar-refractivity contribution in [2.24, 2.45) is 0 Å². The van der Waals surface area contributed by atoms with Crippen molar-refractivity contribution in [3.8, 4) is 51.6 Å². The van der Waals surface area contributed by atoms with Gasteiger partial charge < -0.3 is 9.13 Å². The lowest BCUT2D eigenvalue weighted by atomic mass is 10.1. The quantitative estimate of drug-likeness (QED) is 0.184. The van der Waals surface area contributed by atoms with Gasteiger partial charge in [-0.2, -0.15) is 5.26 Å². The maximum atomic E-state index is 10.7. The molecule has 0 aliphatic carbocycles. The van der Waals surface area contributed by atoms with Crippen LogP contribution >= 0.6 is 0 Å². The molecule has 10 aromatic rings. The molecule has 0 saturated heterocycles. The van der Waals surface area contributed by atoms with Crippen molar-refractivity contribution in [1.29, 1.82) is 5.26 Å². The Kier molecular flexibility index (Phi) is 6.76. The van der Waals surface area contributed by atoms with E-state index in [2.05, 4.69) is 100 Å². The van der Waals surface area contributed by atoms with E-state index in [9.17, 15) is 5.26 Å². The lowest BCUT2D eigenvalue weighted by Gasteiger charge is -2.13. The van der Waals surface area contributed by atoms with Gasteiger partial charge >= 0.3 is 0 Å². The molecule has 0 atom stereocenters. The first-order valence-electron chi connectivity index (χ1n) is 17.2. The predicted octanol–water partition coefficient (Wildman–Crippen LogP) is 10.9. The average Bonchev–Trinajstić information content (AvgIpc) is 3.72. The highest BCUT2D eigenvalue weighted by Gasteiger charge is 2.20. The second-order valence-electron chi connectivity index (χ2n) is 12.8. The monoisotopic (exact) mass is 664 g/mol. The highest BCUT2D eigenvalue weighted by Crippen LogP contribution is 2.40. The molecule has 10 rings (SSSR count). The highest BCUT2D eigenvalue weighted by molar-refractivity contribution is 6.19. The van der Waals surface area contributed by atoms with E-state index < -0.39 is 0 Å². The number of nitrogens with zero attached hydrogens (tertiary/aromatic N) is 6. The van der Waals surface area contributed by atoms with Crippen LogP contribution in [-0.2, 0) is 0 Å². The molecular formula is C46H28N6. The number of nitriles is 1. The second-order valence-corrected chi connectivity index (χ2v) is 12.8. The summed E-state index contributed by atoms with van der Waals surface area (Å²) in [7, 11) is 0. The first kappa shape index (κ1) is 29.5. The fourth-order valence-corrected chi connectivity index (χ4v) is 7.44. The molecule has 3 heterocycles. The minimum absolute atomic E-state index is 0.508. The van der Waals surface area contributed by atoms with E-state index in [-0.39, 0.29) is 0 Å². The largest absolute Gasteiger partial charge is 0.309 e. The van der Waals surface area contributed by atoms with E-state index >= 15 is 0 Å². The fourth-order valence-electron chi connectivity index (χ4n) is 7.44. The smallest absolute Gasteiger partial charge is 0.164 e. The van der Waals surface area contributed by atoms with Gasteiger partial charge in [-0.3, -0.25) is 0 Å². The number of para-hydroxylation sites is 3. The molecule has 52 heavy (non-hydrogen) atoms. The van der Waals surface area contributed by atoms with Crippen LogP contribution < -0.4 is 0 Å². The lowest BCUT2D eigenvalue weighted by Crippen LogP contribution is -2.02. The predicted molar refractivity (Wildman–Crippen MR) is 210 cm³/mol. The molecule has 0 aliphatic rings. The van der Waals surface area contributed by atoms with Crippen LogP contribution in [0.2, 0.25) is 0 Å². The third-order valence-electron chi connectivity index (χ3n) is 9.80. The van der Waals surface area contributed by atoms with Gasteiger partial charge in [0, 0.05) is 43.9 Å². The third-order valence-corrected chi connectivity index (χ3v) is 9.80. The van der Waals surface area contributed by atoms with E-state index in [4.69, 9.17) is 15.0 Å². The first-order valence-corrected chi connectivity index (χ1v) is 17.2. The maximum Gasteiger partial charge on any atom is 0.164 e. The summed E-state index contributed by atoms with van der Waals surface area (Å²) in [5.74, 6) is 1.66. The molecule has 0 saturated carbocycles. The van der Waals surface area contributed by atoms with Crippen LogP contribution in [0.4, 0.5) is 0 Å². The van der Waals surface area contributed by atoms with Gasteiger partial charge in [-0.15, -0.1) is 0 Å². The zero-order valence-electron chi connectivity index (χ0n) is 27.8. The zero-order chi connectivity index (χ0) is 34.6. The van der Waals surface area contributed by atoms with Crippen molar-refractivity contribution in [3.05, 3.63) is 175 Å². The molecule has 0 spiro atoms. The number of aromatic nitrogens is 5. The summed E-state index contributed by atoms with van der Waals surface area (Å²) in [5.41, 5.74) is 9.31. The van der Waals surface area contributed by atoms with Crippen molar-refractivity contribution in [3.63, 3.8) is 0 Å². The van der Waals surface area contributed by atoms with Gasteiger partial charge in [0.1, 0.15) is 6.07 Å². The van der Waals surface area contributed by atoms with E-state index in [0.29, 0.717) is 23.0 Å². The van der Waals surface area contributed by atoms with Crippen LogP contribution in [-0.4, -0.2) is 24.1 Å². The SMILES string of the molecule is N#Cc1cc(-c2nc(-c3ccccc3)nc(-c3ccccc3)n2)ccc1-n1c2ccccc2c2cc3c(cc21)c1ccccc1n3-c1ccccc1. The number of rotatable bonds is 5. The Morgan fingerprint density at radius 2 is 0.846 bits per heavy atom. The zero-order valence-corrected chi connectivity index (χ0v) is 27.8. The van der Waals surface area contributed by atoms with Gasteiger partial charge in [-0.05, 0) is 54.6 Å². The molecule has 6 nitrogen and oxygen atoms in total. The van der Waals surface area contributed by atoms with Gasteiger partial charge in [0.25, 0.3) is 0 Å². The average molecular weight is 665 g/mol. The summed E-state index contributed by atoms with van der Waals surface area (Å²) in [5, 5.41) is 15.3. The molecular weight excluding hydrogens is 637 g/mol. The van der Waals surface area contributed by atoms with Crippen LogP contribution in [0, 0.1) is 11.3 Å². The molecule has 7 aromatic carbocycles. The van der Waals surface area contributed by atoms with Crippen molar-refractivity contribution >= 4 is 43.6 Å². The van der Waals surface area contributed by atoms with E-state index in [1.165, 1.54) is 5.39 Å². The van der Waals surface area contributed by atoms with E-state index in [0.717, 1.165) is 66.3 Å². The third kappa shape index (κ3) is 4.68. The Balaban J connectivity index is 1.20. The van der Waals surface area contributed by atoms with Crippen LogP contribution in [0.5, 0.6) is 0 Å². The summed E-state index contributed by atoms with van der Waals surface area (Å²) < 4.78 is 4.56. The topological polar surface area (TPSA) is 72.3 Å². The van der Waals surface area contributed by atoms with Gasteiger partial charge in [0.05, 0.1) is 33.3 Å². The Bertz CT molecular complexity index is 2950. The van der Waals surface area contributed by atoms with Crippen LogP contribution in [0.3, 0.4) is 0 Å². The summed E-state index contributed by atoms with van der Waals surface area (Å²) in [6, 6.07) is 60.3. The van der Waals surface area contributed by atoms with Crippen LogP contribution in [0.1, 0.15) is 5.56 Å². The molecule has 3 aromatic heterocycles. The first-order chi connectivity index (χ1) is 25.7. The molecule has 0 amide bonds. The summed E-state index contributed by atoms with van der Waals surface area (Å²) in [4.78, 5) is 14.7. The van der Waals surface area contributed by atoms with Crippen LogP contribution in [0.25, 0.3) is 89.2 Å². The fraction of sp³-hybridized carbons (Fsp3) is 0. The molecule has 0 bridgehead atoms. The van der Waals surface area contributed by atoms with E-state index in [1.54, 1.807) is 0 Å². The second kappa shape index (κ2) is 11.9. The number of fused-ring (bicyclic) bond motifs is 6. The minimum Gasteiger partial charge on any atom is -0.309 e. The summed E-state index contributed by atoms with van der Waals surface area (Å²) >= 11 is 0. The molecule has 0 fully saturated rings. The summed E-state index contributed by atoms with van der Waals surface area (Å²) in [6.45, 7) is 0. The highest BCUT2D eigenvalue weighted by atomic mass is 15.0. The van der Waals surface area contributed by atoms with Crippen LogP contribution in [0.15, 0.2) is 170 Å². The number of hydrogen-bond donors (Lipinski definition) is 0. The molecule has 6 heteroatoms. The Hall–Kier alpha value is -7.36. The Morgan fingerprint density at radius 1 is 0.385 bits per heavy atom. The normalized spacial score (nSPS) is 11.4. The maximum absolute atomic E-state index is 10.7. The molecule has 0 radical (unpaired) electrons. The van der Waals surface area contributed by atoms with Gasteiger partial charge in [-0.1, -0.05) is 115 Å². The molecule has 0 unspecified atom stereocenters. The van der Waals surface area contributed by atoms with Crippen molar-refractivity contribution in [1.82, 2.24) is 24.1 Å². The number of hydrogen-bond acceptors (Lipinski definition) is 4. The van der Waals surface area contributed by atoms with E-state index in [1.807, 2.05) is 84.9 Å². The number of benzene rings is 7. The van der Waals surface area contributed by atoms with Gasteiger partial charge in [0.15, 0.2) is 17.5 Å². The Labute approximate surface area is 299 Å². The van der Waals surface area contributed by atoms with Crippen molar-refractivity contribution < 1.29 is 0 Å². The lowest BCUT2D eigenvalue weighted by molar-refractivity contribution is 1.07. The standard InChI is InChI=1S/C46H28N6/c47-29-33-26-32(46-49-44(30-14-4-1-5-15-30)48-45(50-46)31-16-6-2-7-17-31)24-25-39(33)52-41-23-13-11-21-36(41)38-27-42-37(28-43(38)52)35-20-10-12-22-40(35)51(42)34-18-8-3-9-19-34/h1-28H. The van der Waals surface area contributed by atoms with Gasteiger partial charge in [0.2, 0.25) is 0 Å². The molecule has 0 aliphatic heterocycles. The Morgan fingerprint density at radius 3 is 1.40 bits per heavy atom. The molecule has 0 N–H and O–H groups in total. The van der Waals surface area contributed by atoms with Gasteiger partial charge in [-0.25, -0.2) is 15.0 Å².